The molecule has 0 amide bonds. The molecule has 0 aliphatic heterocycles. The van der Waals surface area contributed by atoms with Crippen molar-refractivity contribution in [2.75, 3.05) is 0 Å². The number of hydrogen-bond donors (Lipinski definition) is 2. The summed E-state index contributed by atoms with van der Waals surface area (Å²) in [6.07, 6.45) is 5.53. The standard InChI is InChI=1S/C13H10.C2H2O6/c1-4-10-6-2-8-12-9-3-7-11(5-1)13(10)12;3-1(7-5)2(4)8-6/h1-8H,9H2;5-6H. The molecule has 108 valence electrons. The van der Waals surface area contributed by atoms with Crippen molar-refractivity contribution in [1.29, 1.82) is 0 Å². The van der Waals surface area contributed by atoms with E-state index in [1.807, 2.05) is 0 Å². The molecule has 1 aliphatic carbocycles. The number of rotatable bonds is 0. The summed E-state index contributed by atoms with van der Waals surface area (Å²) in [7, 11) is 0. The molecule has 3 rings (SSSR count). The van der Waals surface area contributed by atoms with Crippen LogP contribution in [0, 0.1) is 0 Å². The van der Waals surface area contributed by atoms with E-state index < -0.39 is 11.9 Å². The molecule has 6 nitrogen and oxygen atoms in total. The summed E-state index contributed by atoms with van der Waals surface area (Å²) in [5.74, 6) is -3.35. The van der Waals surface area contributed by atoms with Gasteiger partial charge >= 0.3 is 11.9 Å². The van der Waals surface area contributed by atoms with E-state index in [9.17, 15) is 9.59 Å². The van der Waals surface area contributed by atoms with E-state index >= 15 is 0 Å². The van der Waals surface area contributed by atoms with E-state index in [1.54, 1.807) is 0 Å². The van der Waals surface area contributed by atoms with E-state index in [1.165, 1.54) is 21.9 Å². The SMILES string of the molecule is C1=Cc2cccc3cccc(c23)C1.O=C(OO)C(=O)OO. The summed E-state index contributed by atoms with van der Waals surface area (Å²) in [5, 5.41) is 17.5. The molecule has 21 heavy (non-hydrogen) atoms. The summed E-state index contributed by atoms with van der Waals surface area (Å²) in [5.41, 5.74) is 2.81. The van der Waals surface area contributed by atoms with E-state index in [4.69, 9.17) is 10.5 Å². The van der Waals surface area contributed by atoms with Gasteiger partial charge < -0.3 is 0 Å². The highest BCUT2D eigenvalue weighted by Crippen LogP contribution is 2.27. The average molecular weight is 288 g/mol. The molecule has 6 heteroatoms. The maximum atomic E-state index is 9.64. The van der Waals surface area contributed by atoms with Crippen LogP contribution in [-0.2, 0) is 25.8 Å². The third-order valence-electron chi connectivity index (χ3n) is 2.99. The van der Waals surface area contributed by atoms with E-state index in [-0.39, 0.29) is 0 Å². The molecule has 0 spiro atoms. The van der Waals surface area contributed by atoms with Gasteiger partial charge in [-0.15, -0.1) is 0 Å². The first kappa shape index (κ1) is 14.7. The number of carbonyl (C=O) groups excluding carboxylic acids is 2. The first-order chi connectivity index (χ1) is 10.2. The second kappa shape index (κ2) is 6.65. The summed E-state index contributed by atoms with van der Waals surface area (Å²) in [4.78, 5) is 24.9. The Hall–Kier alpha value is -2.70. The second-order valence-corrected chi connectivity index (χ2v) is 4.23. The van der Waals surface area contributed by atoms with Gasteiger partial charge in [-0.25, -0.2) is 9.59 Å². The molecule has 2 aromatic rings. The lowest BCUT2D eigenvalue weighted by Gasteiger charge is -2.11. The predicted octanol–water partition coefficient (Wildman–Crippen LogP) is 2.43. The van der Waals surface area contributed by atoms with Gasteiger partial charge in [-0.3, -0.25) is 9.78 Å². The Bertz CT molecular complexity index is 685. The molecule has 2 aromatic carbocycles. The van der Waals surface area contributed by atoms with Gasteiger partial charge in [0.05, 0.1) is 0 Å². The van der Waals surface area contributed by atoms with Gasteiger partial charge in [0, 0.05) is 0 Å². The van der Waals surface area contributed by atoms with Crippen molar-refractivity contribution in [3.63, 3.8) is 0 Å². The van der Waals surface area contributed by atoms with Crippen molar-refractivity contribution < 1.29 is 29.9 Å². The van der Waals surface area contributed by atoms with Crippen molar-refractivity contribution in [3.05, 3.63) is 53.6 Å². The molecule has 0 radical (unpaired) electrons. The number of allylic oxidation sites excluding steroid dienone is 1. The smallest absolute Gasteiger partial charge is 0.288 e. The molecule has 0 atom stereocenters. The third kappa shape index (κ3) is 3.25. The first-order valence-electron chi connectivity index (χ1n) is 6.05. The Balaban J connectivity index is 0.000000177. The molecule has 0 unspecified atom stereocenters. The van der Waals surface area contributed by atoms with Crippen molar-refractivity contribution in [1.82, 2.24) is 0 Å². The monoisotopic (exact) mass is 288 g/mol. The van der Waals surface area contributed by atoms with Crippen LogP contribution in [0.3, 0.4) is 0 Å². The first-order valence-corrected chi connectivity index (χ1v) is 6.05. The molecule has 0 bridgehead atoms. The van der Waals surface area contributed by atoms with Gasteiger partial charge in [0.25, 0.3) is 0 Å². The molecule has 0 heterocycles. The lowest BCUT2D eigenvalue weighted by Crippen LogP contribution is -2.16. The van der Waals surface area contributed by atoms with Gasteiger partial charge in [-0.2, -0.15) is 10.5 Å². The molecule has 0 fully saturated rings. The molecule has 2 N–H and O–H groups in total. The molecule has 0 aromatic heterocycles. The Morgan fingerprint density at radius 3 is 2.19 bits per heavy atom. The largest absolute Gasteiger partial charge is 0.452 e. The lowest BCUT2D eigenvalue weighted by molar-refractivity contribution is -0.261. The van der Waals surface area contributed by atoms with Crippen LogP contribution in [0.1, 0.15) is 11.1 Å². The van der Waals surface area contributed by atoms with E-state index in [2.05, 4.69) is 58.3 Å². The zero-order valence-electron chi connectivity index (χ0n) is 10.9. The zero-order chi connectivity index (χ0) is 15.2. The average Bonchev–Trinajstić information content (AvgIpc) is 2.55. The minimum Gasteiger partial charge on any atom is -0.288 e. The molecule has 0 saturated heterocycles. The van der Waals surface area contributed by atoms with Crippen molar-refractivity contribution >= 4 is 28.8 Å². The summed E-state index contributed by atoms with van der Waals surface area (Å²) < 4.78 is 0. The van der Waals surface area contributed by atoms with Crippen LogP contribution in [0.15, 0.2) is 42.5 Å². The lowest BCUT2D eigenvalue weighted by atomic mass is 9.93. The van der Waals surface area contributed by atoms with Crippen LogP contribution in [-0.4, -0.2) is 22.5 Å². The van der Waals surface area contributed by atoms with Crippen LogP contribution in [0.5, 0.6) is 0 Å². The maximum Gasteiger partial charge on any atom is 0.452 e. The van der Waals surface area contributed by atoms with Crippen molar-refractivity contribution in [3.8, 4) is 0 Å². The van der Waals surface area contributed by atoms with Crippen LogP contribution in [0.4, 0.5) is 0 Å². The summed E-state index contributed by atoms with van der Waals surface area (Å²) in [6.45, 7) is 0. The normalized spacial score (nSPS) is 11.3. The minimum atomic E-state index is -1.67. The zero-order valence-corrected chi connectivity index (χ0v) is 10.9. The Labute approximate surface area is 119 Å². The van der Waals surface area contributed by atoms with Gasteiger partial charge in [-0.1, -0.05) is 48.6 Å². The Morgan fingerprint density at radius 2 is 1.57 bits per heavy atom. The third-order valence-corrected chi connectivity index (χ3v) is 2.99. The quantitative estimate of drug-likeness (QED) is 0.439. The van der Waals surface area contributed by atoms with Crippen molar-refractivity contribution in [2.45, 2.75) is 6.42 Å². The topological polar surface area (TPSA) is 93.1 Å². The fourth-order valence-corrected chi connectivity index (χ4v) is 2.15. The minimum absolute atomic E-state index is 1.08. The van der Waals surface area contributed by atoms with Crippen LogP contribution in [0.2, 0.25) is 0 Å². The Kier molecular flexibility index (Phi) is 4.65. The number of benzene rings is 2. The van der Waals surface area contributed by atoms with Crippen LogP contribution < -0.4 is 0 Å². The maximum absolute atomic E-state index is 9.64. The van der Waals surface area contributed by atoms with E-state index in [0.29, 0.717) is 0 Å². The van der Waals surface area contributed by atoms with Gasteiger partial charge in [0.2, 0.25) is 0 Å². The fraction of sp³-hybridized carbons (Fsp3) is 0.0667. The van der Waals surface area contributed by atoms with Gasteiger partial charge in [0.15, 0.2) is 0 Å². The number of hydrogen-bond acceptors (Lipinski definition) is 6. The molecular weight excluding hydrogens is 276 g/mol. The van der Waals surface area contributed by atoms with Gasteiger partial charge in [-0.05, 0) is 28.3 Å². The molecule has 1 aliphatic rings. The van der Waals surface area contributed by atoms with E-state index in [0.717, 1.165) is 6.42 Å². The van der Waals surface area contributed by atoms with Crippen LogP contribution >= 0.6 is 0 Å². The second-order valence-electron chi connectivity index (χ2n) is 4.23. The van der Waals surface area contributed by atoms with Crippen LogP contribution in [0.25, 0.3) is 16.8 Å². The highest BCUT2D eigenvalue weighted by Gasteiger charge is 2.16. The highest BCUT2D eigenvalue weighted by atomic mass is 17.1. The predicted molar refractivity (Wildman–Crippen MR) is 74.1 cm³/mol. The number of carbonyl (C=O) groups is 2. The molecular formula is C15H12O6. The molecule has 0 saturated carbocycles. The fourth-order valence-electron chi connectivity index (χ4n) is 2.15. The van der Waals surface area contributed by atoms with Crippen molar-refractivity contribution in [2.24, 2.45) is 0 Å². The highest BCUT2D eigenvalue weighted by molar-refractivity contribution is 6.29. The summed E-state index contributed by atoms with van der Waals surface area (Å²) >= 11 is 0. The Morgan fingerprint density at radius 1 is 0.952 bits per heavy atom. The van der Waals surface area contributed by atoms with Gasteiger partial charge in [0.1, 0.15) is 0 Å². The summed E-state index contributed by atoms with van der Waals surface area (Å²) in [6, 6.07) is 13.0.